The molecule has 7 rings (SSSR count). The molecule has 1 unspecified atom stereocenters. The summed E-state index contributed by atoms with van der Waals surface area (Å²) in [6.45, 7) is 4.66. The van der Waals surface area contributed by atoms with Crippen LogP contribution in [0.3, 0.4) is 0 Å². The molecule has 0 bridgehead atoms. The number of aliphatic hydroxyl groups excluding tert-OH is 1. The number of amides is 3. The van der Waals surface area contributed by atoms with E-state index in [4.69, 9.17) is 11.6 Å². The van der Waals surface area contributed by atoms with E-state index in [1.807, 2.05) is 110 Å². The zero-order valence-corrected chi connectivity index (χ0v) is 27.3. The quantitative estimate of drug-likeness (QED) is 0.352. The number of likely N-dealkylation sites (tertiary alicyclic amines) is 1. The van der Waals surface area contributed by atoms with Crippen molar-refractivity contribution in [2.24, 2.45) is 11.8 Å². The third-order valence-corrected chi connectivity index (χ3v) is 12.0. The van der Waals surface area contributed by atoms with Gasteiger partial charge in [-0.05, 0) is 36.6 Å². The van der Waals surface area contributed by atoms with Gasteiger partial charge in [-0.3, -0.25) is 14.4 Å². The standard InChI is InChI=1S/C37H36ClN3O4S/c1-24-12-9-17-27(38)31(24)40-21-11-19-37-30(34(44)41(32(37)35(40)45)28(23-42)26-15-7-4-8-16-26)29-33(43)39(20-10-18-36(29,2)46-37)22-25-13-5-3-6-14-25/h3-19,28-30,32,42H,20-23H2,1-2H3/t28-,29+,30+,32?,36-,37+/m1/s1. The fraction of sp³-hybridized carbons (Fsp3) is 0.324. The van der Waals surface area contributed by atoms with Crippen molar-refractivity contribution in [2.75, 3.05) is 24.6 Å². The van der Waals surface area contributed by atoms with Crippen molar-refractivity contribution in [2.45, 2.75) is 42.0 Å². The first-order valence-corrected chi connectivity index (χ1v) is 16.8. The van der Waals surface area contributed by atoms with Crippen LogP contribution in [0.1, 0.15) is 29.7 Å². The van der Waals surface area contributed by atoms with E-state index in [0.29, 0.717) is 23.8 Å². The Labute approximate surface area is 278 Å². The topological polar surface area (TPSA) is 81.2 Å². The summed E-state index contributed by atoms with van der Waals surface area (Å²) in [5.41, 5.74) is 3.16. The molecule has 6 atom stereocenters. The first-order valence-electron chi connectivity index (χ1n) is 15.6. The van der Waals surface area contributed by atoms with Gasteiger partial charge in [-0.1, -0.05) is 109 Å². The number of benzene rings is 3. The molecular weight excluding hydrogens is 618 g/mol. The van der Waals surface area contributed by atoms with Gasteiger partial charge in [0, 0.05) is 24.4 Å². The fourth-order valence-corrected chi connectivity index (χ4v) is 10.5. The van der Waals surface area contributed by atoms with Crippen molar-refractivity contribution in [3.8, 4) is 0 Å². The van der Waals surface area contributed by atoms with Gasteiger partial charge in [-0.15, -0.1) is 11.8 Å². The predicted molar refractivity (Wildman–Crippen MR) is 181 cm³/mol. The zero-order chi connectivity index (χ0) is 32.2. The van der Waals surface area contributed by atoms with Gasteiger partial charge in [0.05, 0.1) is 39.9 Å². The smallest absolute Gasteiger partial charge is 0.251 e. The lowest BCUT2D eigenvalue weighted by atomic mass is 9.74. The second-order valence-electron chi connectivity index (χ2n) is 12.7. The number of halogens is 1. The molecule has 0 aliphatic carbocycles. The molecule has 3 aromatic carbocycles. The number of rotatable bonds is 6. The summed E-state index contributed by atoms with van der Waals surface area (Å²) in [6, 6.07) is 22.9. The van der Waals surface area contributed by atoms with Crippen LogP contribution < -0.4 is 4.90 Å². The van der Waals surface area contributed by atoms with Crippen LogP contribution >= 0.6 is 23.4 Å². The zero-order valence-electron chi connectivity index (χ0n) is 25.8. The highest BCUT2D eigenvalue weighted by Crippen LogP contribution is 2.66. The summed E-state index contributed by atoms with van der Waals surface area (Å²) >= 11 is 8.25. The average molecular weight is 654 g/mol. The van der Waals surface area contributed by atoms with Gasteiger partial charge < -0.3 is 19.8 Å². The summed E-state index contributed by atoms with van der Waals surface area (Å²) in [4.78, 5) is 49.8. The Balaban J connectivity index is 1.38. The van der Waals surface area contributed by atoms with Gasteiger partial charge in [-0.25, -0.2) is 0 Å². The van der Waals surface area contributed by atoms with Crippen molar-refractivity contribution >= 4 is 46.8 Å². The summed E-state index contributed by atoms with van der Waals surface area (Å²) in [7, 11) is 0. The average Bonchev–Trinajstić information content (AvgIpc) is 3.32. The lowest BCUT2D eigenvalue weighted by Crippen LogP contribution is -2.54. The number of aliphatic hydroxyl groups is 1. The number of carbonyl (C=O) groups excluding carboxylic acids is 3. The number of hydrogen-bond acceptors (Lipinski definition) is 5. The van der Waals surface area contributed by atoms with Gasteiger partial charge in [-0.2, -0.15) is 0 Å². The SMILES string of the molecule is Cc1cccc(Cl)c1N1CC=C[C@]23S[C@]4(C)C=CCN(Cc5ccccc5)C(=O)[C@@H]4[C@H]2C(=O)N([C@H](CO)c2ccccc2)C3C1=O. The van der Waals surface area contributed by atoms with Crippen LogP contribution in [0.2, 0.25) is 5.02 Å². The maximum absolute atomic E-state index is 15.1. The predicted octanol–water partition coefficient (Wildman–Crippen LogP) is 5.57. The first kappa shape index (κ1) is 30.8. The third-order valence-electron chi connectivity index (χ3n) is 9.95. The fourth-order valence-electron chi connectivity index (χ4n) is 7.99. The van der Waals surface area contributed by atoms with Gasteiger partial charge in [0.25, 0.3) is 5.91 Å². The second-order valence-corrected chi connectivity index (χ2v) is 14.9. The number of carbonyl (C=O) groups is 3. The Morgan fingerprint density at radius 3 is 2.26 bits per heavy atom. The molecule has 7 nitrogen and oxygen atoms in total. The van der Waals surface area contributed by atoms with Crippen LogP contribution in [0.4, 0.5) is 5.69 Å². The van der Waals surface area contributed by atoms with E-state index in [1.165, 1.54) is 11.8 Å². The number of hydrogen-bond donors (Lipinski definition) is 1. The maximum Gasteiger partial charge on any atom is 0.251 e. The number of anilines is 1. The Morgan fingerprint density at radius 2 is 1.57 bits per heavy atom. The summed E-state index contributed by atoms with van der Waals surface area (Å²) in [5.74, 6) is -2.24. The van der Waals surface area contributed by atoms with Crippen LogP contribution in [0.15, 0.2) is 103 Å². The largest absolute Gasteiger partial charge is 0.394 e. The van der Waals surface area contributed by atoms with Crippen molar-refractivity contribution in [3.63, 3.8) is 0 Å². The number of thioether (sulfide) groups is 1. The van der Waals surface area contributed by atoms with Crippen molar-refractivity contribution in [3.05, 3.63) is 125 Å². The molecule has 46 heavy (non-hydrogen) atoms. The van der Waals surface area contributed by atoms with Crippen molar-refractivity contribution in [1.29, 1.82) is 0 Å². The summed E-state index contributed by atoms with van der Waals surface area (Å²) in [5, 5.41) is 11.3. The van der Waals surface area contributed by atoms with E-state index in [2.05, 4.69) is 6.08 Å². The van der Waals surface area contributed by atoms with E-state index in [1.54, 1.807) is 15.9 Å². The van der Waals surface area contributed by atoms with E-state index in [9.17, 15) is 9.90 Å². The lowest BCUT2D eigenvalue weighted by Gasteiger charge is -2.40. The third kappa shape index (κ3) is 4.72. The molecule has 0 radical (unpaired) electrons. The molecule has 3 amide bonds. The molecule has 2 fully saturated rings. The minimum Gasteiger partial charge on any atom is -0.394 e. The highest BCUT2D eigenvalue weighted by Gasteiger charge is 2.74. The summed E-state index contributed by atoms with van der Waals surface area (Å²) in [6.07, 6.45) is 8.02. The molecule has 2 saturated heterocycles. The molecule has 9 heteroatoms. The van der Waals surface area contributed by atoms with Gasteiger partial charge in [0.1, 0.15) is 6.04 Å². The first-order chi connectivity index (χ1) is 22.2. The Kier molecular flexibility index (Phi) is 7.86. The minimum absolute atomic E-state index is 0.108. The highest BCUT2D eigenvalue weighted by molar-refractivity contribution is 8.02. The van der Waals surface area contributed by atoms with Crippen LogP contribution in [0, 0.1) is 18.8 Å². The maximum atomic E-state index is 15.1. The van der Waals surface area contributed by atoms with E-state index in [0.717, 1.165) is 16.7 Å². The molecule has 4 heterocycles. The lowest BCUT2D eigenvalue weighted by molar-refractivity contribution is -0.145. The molecular formula is C37H36ClN3O4S. The van der Waals surface area contributed by atoms with Gasteiger partial charge >= 0.3 is 0 Å². The highest BCUT2D eigenvalue weighted by atomic mass is 35.5. The normalized spacial score (nSPS) is 29.3. The van der Waals surface area contributed by atoms with Gasteiger partial charge in [0.15, 0.2) is 0 Å². The van der Waals surface area contributed by atoms with E-state index < -0.39 is 33.4 Å². The molecule has 1 N–H and O–H groups in total. The number of para-hydroxylation sites is 1. The molecule has 0 aromatic heterocycles. The minimum atomic E-state index is -1.06. The Hall–Kier alpha value is -3.85. The van der Waals surface area contributed by atoms with Crippen LogP contribution in [0.25, 0.3) is 0 Å². The molecule has 0 saturated carbocycles. The Morgan fingerprint density at radius 1 is 0.870 bits per heavy atom. The van der Waals surface area contributed by atoms with Crippen LogP contribution in [-0.4, -0.2) is 67.9 Å². The van der Waals surface area contributed by atoms with Crippen LogP contribution in [0.5, 0.6) is 0 Å². The molecule has 4 aliphatic rings. The molecule has 4 aliphatic heterocycles. The summed E-state index contributed by atoms with van der Waals surface area (Å²) < 4.78 is -1.80. The Bertz CT molecular complexity index is 1730. The number of aryl methyl sites for hydroxylation is 1. The molecule has 1 spiro atoms. The van der Waals surface area contributed by atoms with E-state index >= 15 is 9.59 Å². The number of fused-ring (bicyclic) bond motifs is 2. The monoisotopic (exact) mass is 653 g/mol. The number of nitrogens with zero attached hydrogens (tertiary/aromatic N) is 3. The second kappa shape index (κ2) is 11.7. The van der Waals surface area contributed by atoms with Crippen molar-refractivity contribution in [1.82, 2.24) is 9.80 Å². The molecule has 236 valence electrons. The van der Waals surface area contributed by atoms with Gasteiger partial charge in [0.2, 0.25) is 11.8 Å². The van der Waals surface area contributed by atoms with Crippen molar-refractivity contribution < 1.29 is 19.5 Å². The molecule has 3 aromatic rings. The van der Waals surface area contributed by atoms with E-state index in [-0.39, 0.29) is 30.9 Å². The van der Waals surface area contributed by atoms with Crippen LogP contribution in [-0.2, 0) is 20.9 Å².